The Morgan fingerprint density at radius 1 is 1.40 bits per heavy atom. The van der Waals surface area contributed by atoms with E-state index >= 15 is 0 Å². The van der Waals surface area contributed by atoms with Crippen LogP contribution in [0.3, 0.4) is 0 Å². The zero-order valence-corrected chi connectivity index (χ0v) is 14.4. The molecule has 1 aromatic carbocycles. The van der Waals surface area contributed by atoms with Gasteiger partial charge in [-0.25, -0.2) is 9.97 Å². The second-order valence-corrected chi connectivity index (χ2v) is 6.21. The van der Waals surface area contributed by atoms with Crippen molar-refractivity contribution in [3.63, 3.8) is 0 Å². The average molecular weight is 341 g/mol. The third-order valence-electron chi connectivity index (χ3n) is 4.32. The molecular weight excluding hydrogens is 318 g/mol. The molecule has 0 radical (unpaired) electrons. The lowest BCUT2D eigenvalue weighted by Gasteiger charge is -2.23. The number of aromatic nitrogens is 2. The molecule has 132 valence electrons. The maximum atomic E-state index is 12.7. The summed E-state index contributed by atoms with van der Waals surface area (Å²) in [6.45, 7) is 2.53. The van der Waals surface area contributed by atoms with Gasteiger partial charge in [-0.3, -0.25) is 4.79 Å². The zero-order valence-electron chi connectivity index (χ0n) is 14.4. The normalized spacial score (nSPS) is 17.8. The fraction of sp³-hybridized carbons (Fsp3) is 0.421. The number of carbonyl (C=O) groups excluding carboxylic acids is 1. The summed E-state index contributed by atoms with van der Waals surface area (Å²) < 4.78 is 10.9. The second-order valence-electron chi connectivity index (χ2n) is 6.21. The molecule has 1 amide bonds. The molecule has 0 saturated carbocycles. The standard InChI is InChI=1S/C19H23N3O3/c1-24-18-4-2-3-15(10-18)11-19(23)22-7-8-25-13-16(12-22)9-17-5-6-20-14-21-17/h2-6,10,14,16H,7-9,11-13H2,1H3. The van der Waals surface area contributed by atoms with Gasteiger partial charge < -0.3 is 14.4 Å². The van der Waals surface area contributed by atoms with Gasteiger partial charge in [0.25, 0.3) is 0 Å². The highest BCUT2D eigenvalue weighted by Crippen LogP contribution is 2.16. The van der Waals surface area contributed by atoms with Crippen LogP contribution in [0.2, 0.25) is 0 Å². The molecule has 1 atom stereocenters. The fourth-order valence-electron chi connectivity index (χ4n) is 3.03. The van der Waals surface area contributed by atoms with Crippen LogP contribution in [0.4, 0.5) is 0 Å². The van der Waals surface area contributed by atoms with Crippen molar-refractivity contribution in [3.8, 4) is 5.75 Å². The summed E-state index contributed by atoms with van der Waals surface area (Å²) in [6, 6.07) is 9.56. The molecule has 1 unspecified atom stereocenters. The van der Waals surface area contributed by atoms with Crippen LogP contribution in [0.5, 0.6) is 5.75 Å². The first-order valence-electron chi connectivity index (χ1n) is 8.48. The largest absolute Gasteiger partial charge is 0.497 e. The lowest BCUT2D eigenvalue weighted by atomic mass is 10.0. The van der Waals surface area contributed by atoms with Crippen LogP contribution < -0.4 is 4.74 Å². The van der Waals surface area contributed by atoms with Crippen molar-refractivity contribution in [2.75, 3.05) is 33.4 Å². The van der Waals surface area contributed by atoms with Gasteiger partial charge in [-0.05, 0) is 30.2 Å². The maximum Gasteiger partial charge on any atom is 0.227 e. The molecule has 1 aromatic heterocycles. The quantitative estimate of drug-likeness (QED) is 0.829. The molecule has 0 bridgehead atoms. The number of hydrogen-bond acceptors (Lipinski definition) is 5. The molecule has 6 nitrogen and oxygen atoms in total. The van der Waals surface area contributed by atoms with E-state index in [4.69, 9.17) is 9.47 Å². The van der Waals surface area contributed by atoms with E-state index in [2.05, 4.69) is 9.97 Å². The number of methoxy groups -OCH3 is 1. The molecule has 1 aliphatic heterocycles. The molecule has 0 N–H and O–H groups in total. The van der Waals surface area contributed by atoms with Crippen LogP contribution >= 0.6 is 0 Å². The first-order valence-corrected chi connectivity index (χ1v) is 8.48. The summed E-state index contributed by atoms with van der Waals surface area (Å²) in [5.41, 5.74) is 1.94. The van der Waals surface area contributed by atoms with Gasteiger partial charge in [-0.2, -0.15) is 0 Å². The number of rotatable bonds is 5. The molecule has 0 aliphatic carbocycles. The first-order chi connectivity index (χ1) is 12.2. The molecule has 1 fully saturated rings. The van der Waals surface area contributed by atoms with E-state index in [1.54, 1.807) is 19.6 Å². The van der Waals surface area contributed by atoms with Crippen LogP contribution in [-0.4, -0.2) is 54.2 Å². The number of amides is 1. The van der Waals surface area contributed by atoms with Crippen LogP contribution in [0, 0.1) is 5.92 Å². The topological polar surface area (TPSA) is 64.5 Å². The number of ether oxygens (including phenoxy) is 2. The highest BCUT2D eigenvalue weighted by molar-refractivity contribution is 5.79. The number of nitrogens with zero attached hydrogens (tertiary/aromatic N) is 3. The average Bonchev–Trinajstić information content (AvgIpc) is 2.88. The molecule has 2 heterocycles. The van der Waals surface area contributed by atoms with Crippen molar-refractivity contribution in [3.05, 3.63) is 54.1 Å². The number of hydrogen-bond donors (Lipinski definition) is 0. The SMILES string of the molecule is COc1cccc(CC(=O)N2CCOCC(Cc3ccncn3)C2)c1. The van der Waals surface area contributed by atoms with Gasteiger partial charge in [0.2, 0.25) is 5.91 Å². The Hall–Kier alpha value is -2.47. The van der Waals surface area contributed by atoms with Crippen molar-refractivity contribution in [2.24, 2.45) is 5.92 Å². The number of benzene rings is 1. The van der Waals surface area contributed by atoms with E-state index in [1.807, 2.05) is 35.2 Å². The monoisotopic (exact) mass is 341 g/mol. The van der Waals surface area contributed by atoms with Gasteiger partial charge in [-0.15, -0.1) is 0 Å². The van der Waals surface area contributed by atoms with Gasteiger partial charge in [0.1, 0.15) is 12.1 Å². The fourth-order valence-corrected chi connectivity index (χ4v) is 3.03. The minimum Gasteiger partial charge on any atom is -0.497 e. The summed E-state index contributed by atoms with van der Waals surface area (Å²) in [4.78, 5) is 22.8. The smallest absolute Gasteiger partial charge is 0.227 e. The molecule has 1 saturated heterocycles. The Bertz CT molecular complexity index is 693. The minimum atomic E-state index is 0.117. The molecule has 25 heavy (non-hydrogen) atoms. The van der Waals surface area contributed by atoms with Crippen LogP contribution in [0.15, 0.2) is 42.9 Å². The second kappa shape index (κ2) is 8.58. The van der Waals surface area contributed by atoms with Crippen LogP contribution in [0.25, 0.3) is 0 Å². The summed E-state index contributed by atoms with van der Waals surface area (Å²) >= 11 is 0. The molecule has 2 aromatic rings. The Morgan fingerprint density at radius 3 is 3.12 bits per heavy atom. The Kier molecular flexibility index (Phi) is 5.95. The number of carbonyl (C=O) groups is 1. The molecule has 6 heteroatoms. The predicted molar refractivity (Wildman–Crippen MR) is 93.3 cm³/mol. The minimum absolute atomic E-state index is 0.117. The summed E-state index contributed by atoms with van der Waals surface area (Å²) in [5.74, 6) is 1.13. The summed E-state index contributed by atoms with van der Waals surface area (Å²) in [5, 5.41) is 0. The highest BCUT2D eigenvalue weighted by atomic mass is 16.5. The van der Waals surface area contributed by atoms with Crippen LogP contribution in [0.1, 0.15) is 11.3 Å². The predicted octanol–water partition coefficient (Wildman–Crippen LogP) is 1.75. The van der Waals surface area contributed by atoms with Gasteiger partial charge in [0, 0.05) is 30.9 Å². The Labute approximate surface area is 147 Å². The van der Waals surface area contributed by atoms with Crippen molar-refractivity contribution < 1.29 is 14.3 Å². The molecule has 0 spiro atoms. The van der Waals surface area contributed by atoms with Gasteiger partial charge >= 0.3 is 0 Å². The van der Waals surface area contributed by atoms with E-state index < -0.39 is 0 Å². The van der Waals surface area contributed by atoms with Crippen LogP contribution in [-0.2, 0) is 22.4 Å². The molecule has 1 aliphatic rings. The maximum absolute atomic E-state index is 12.7. The summed E-state index contributed by atoms with van der Waals surface area (Å²) in [7, 11) is 1.63. The van der Waals surface area contributed by atoms with E-state index in [-0.39, 0.29) is 11.8 Å². The molecule has 3 rings (SSSR count). The van der Waals surface area contributed by atoms with Crippen molar-refractivity contribution in [1.82, 2.24) is 14.9 Å². The van der Waals surface area contributed by atoms with Crippen molar-refractivity contribution in [1.29, 1.82) is 0 Å². The van der Waals surface area contributed by atoms with Gasteiger partial charge in [0.15, 0.2) is 0 Å². The molecular formula is C19H23N3O3. The van der Waals surface area contributed by atoms with Gasteiger partial charge in [0.05, 0.1) is 26.7 Å². The third-order valence-corrected chi connectivity index (χ3v) is 4.32. The Balaban J connectivity index is 1.62. The lowest BCUT2D eigenvalue weighted by Crippen LogP contribution is -2.37. The summed E-state index contributed by atoms with van der Waals surface area (Å²) in [6.07, 6.45) is 4.45. The zero-order chi connectivity index (χ0) is 17.5. The van der Waals surface area contributed by atoms with Gasteiger partial charge in [-0.1, -0.05) is 12.1 Å². The van der Waals surface area contributed by atoms with E-state index in [9.17, 15) is 4.79 Å². The van der Waals surface area contributed by atoms with E-state index in [0.717, 1.165) is 23.4 Å². The lowest BCUT2D eigenvalue weighted by molar-refractivity contribution is -0.130. The van der Waals surface area contributed by atoms with E-state index in [1.165, 1.54) is 0 Å². The van der Waals surface area contributed by atoms with Crippen molar-refractivity contribution >= 4 is 5.91 Å². The highest BCUT2D eigenvalue weighted by Gasteiger charge is 2.23. The third kappa shape index (κ3) is 5.00. The Morgan fingerprint density at radius 2 is 2.32 bits per heavy atom. The van der Waals surface area contributed by atoms with Crippen molar-refractivity contribution in [2.45, 2.75) is 12.8 Å². The van der Waals surface area contributed by atoms with E-state index in [0.29, 0.717) is 32.7 Å². The first kappa shape index (κ1) is 17.4.